The van der Waals surface area contributed by atoms with Crippen molar-refractivity contribution in [3.8, 4) is 0 Å². The largest absolute Gasteiger partial charge is 0.336 e. The van der Waals surface area contributed by atoms with Gasteiger partial charge in [-0.25, -0.2) is 4.79 Å². The highest BCUT2D eigenvalue weighted by Crippen LogP contribution is 2.18. The summed E-state index contributed by atoms with van der Waals surface area (Å²) in [7, 11) is 0. The van der Waals surface area contributed by atoms with Crippen molar-refractivity contribution >= 4 is 6.03 Å². The number of carbonyl (C=O) groups excluding carboxylic acids is 1. The third-order valence-electron chi connectivity index (χ3n) is 3.72. The van der Waals surface area contributed by atoms with Crippen LogP contribution in [0.15, 0.2) is 0 Å². The predicted molar refractivity (Wildman–Crippen MR) is 83.0 cm³/mol. The lowest BCUT2D eigenvalue weighted by Crippen LogP contribution is -2.55. The highest BCUT2D eigenvalue weighted by Gasteiger charge is 2.34. The summed E-state index contributed by atoms with van der Waals surface area (Å²) in [5.41, 5.74) is 0.0315. The van der Waals surface area contributed by atoms with Gasteiger partial charge in [0.25, 0.3) is 0 Å². The summed E-state index contributed by atoms with van der Waals surface area (Å²) in [5, 5.41) is 13.3. The van der Waals surface area contributed by atoms with Crippen LogP contribution >= 0.6 is 0 Å². The summed E-state index contributed by atoms with van der Waals surface area (Å²) in [5.74, 6) is 0. The smallest absolute Gasteiger partial charge is 0.317 e. The van der Waals surface area contributed by atoms with Crippen LogP contribution in [0.25, 0.3) is 0 Å². The lowest BCUT2D eigenvalue weighted by Gasteiger charge is -2.37. The van der Waals surface area contributed by atoms with E-state index in [1.165, 1.54) is 0 Å². The Balaban J connectivity index is 2.72. The number of nitrogens with zero attached hydrogens (tertiary/aromatic N) is 1. The fourth-order valence-electron chi connectivity index (χ4n) is 2.59. The van der Waals surface area contributed by atoms with Crippen LogP contribution in [0.3, 0.4) is 0 Å². The van der Waals surface area contributed by atoms with Crippen LogP contribution in [0.1, 0.15) is 20.8 Å². The van der Waals surface area contributed by atoms with Gasteiger partial charge in [0.1, 0.15) is 0 Å². The minimum atomic E-state index is 0.0315. The van der Waals surface area contributed by atoms with Crippen LogP contribution in [0, 0.1) is 5.41 Å². The Morgan fingerprint density at radius 3 is 1.90 bits per heavy atom. The molecule has 0 atom stereocenters. The molecule has 20 heavy (non-hydrogen) atoms. The van der Waals surface area contributed by atoms with E-state index < -0.39 is 0 Å². The monoisotopic (exact) mass is 285 g/mol. The van der Waals surface area contributed by atoms with E-state index >= 15 is 0 Å². The molecule has 118 valence electrons. The van der Waals surface area contributed by atoms with Crippen molar-refractivity contribution in [3.63, 3.8) is 0 Å². The Morgan fingerprint density at radius 2 is 1.55 bits per heavy atom. The molecule has 0 spiro atoms. The van der Waals surface area contributed by atoms with Gasteiger partial charge < -0.3 is 26.2 Å². The summed E-state index contributed by atoms with van der Waals surface area (Å²) >= 11 is 0. The normalized spacial score (nSPS) is 15.8. The van der Waals surface area contributed by atoms with Crippen LogP contribution in [-0.2, 0) is 0 Å². The van der Waals surface area contributed by atoms with Crippen molar-refractivity contribution < 1.29 is 4.79 Å². The zero-order valence-electron chi connectivity index (χ0n) is 13.2. The van der Waals surface area contributed by atoms with Crippen molar-refractivity contribution in [1.82, 2.24) is 26.2 Å². The maximum atomic E-state index is 11.8. The Hall–Kier alpha value is -0.850. The summed E-state index contributed by atoms with van der Waals surface area (Å²) in [6.07, 6.45) is 0. The van der Waals surface area contributed by atoms with Crippen molar-refractivity contribution in [2.75, 3.05) is 58.9 Å². The van der Waals surface area contributed by atoms with E-state index in [1.807, 2.05) is 4.90 Å². The molecule has 0 aromatic carbocycles. The van der Waals surface area contributed by atoms with Gasteiger partial charge in [-0.1, -0.05) is 20.8 Å². The third-order valence-corrected chi connectivity index (χ3v) is 3.72. The molecule has 0 aliphatic carbocycles. The van der Waals surface area contributed by atoms with Crippen molar-refractivity contribution in [2.45, 2.75) is 20.8 Å². The molecule has 0 saturated carbocycles. The molecule has 1 saturated heterocycles. The number of hydrogen-bond acceptors (Lipinski definition) is 4. The Labute approximate surface area is 123 Å². The quantitative estimate of drug-likeness (QED) is 0.425. The standard InChI is InChI=1S/C14H31N5O/c1-4-15-9-14(10-16-5-2,11-17-6-3)12-19-8-7-18-13(19)20/h15-17H,4-12H2,1-3H3,(H,18,20). The first-order valence-electron chi connectivity index (χ1n) is 7.82. The molecule has 1 aliphatic rings. The number of hydrogen-bond donors (Lipinski definition) is 4. The van der Waals surface area contributed by atoms with E-state index in [-0.39, 0.29) is 11.4 Å². The summed E-state index contributed by atoms with van der Waals surface area (Å²) in [6, 6.07) is 0.0684. The van der Waals surface area contributed by atoms with E-state index in [1.54, 1.807) is 0 Å². The molecule has 4 N–H and O–H groups in total. The third kappa shape index (κ3) is 5.26. The maximum Gasteiger partial charge on any atom is 0.317 e. The van der Waals surface area contributed by atoms with Crippen LogP contribution in [0.2, 0.25) is 0 Å². The molecule has 0 aromatic heterocycles. The molecule has 6 nitrogen and oxygen atoms in total. The minimum Gasteiger partial charge on any atom is -0.336 e. The maximum absolute atomic E-state index is 11.8. The van der Waals surface area contributed by atoms with Gasteiger partial charge in [-0.15, -0.1) is 0 Å². The molecule has 2 amide bonds. The summed E-state index contributed by atoms with van der Waals surface area (Å²) < 4.78 is 0. The van der Waals surface area contributed by atoms with E-state index in [4.69, 9.17) is 0 Å². The molecule has 0 bridgehead atoms. The summed E-state index contributed by atoms with van der Waals surface area (Å²) in [6.45, 7) is 14.3. The first kappa shape index (κ1) is 17.2. The van der Waals surface area contributed by atoms with Crippen LogP contribution in [0.4, 0.5) is 4.79 Å². The fourth-order valence-corrected chi connectivity index (χ4v) is 2.59. The number of amides is 2. The van der Waals surface area contributed by atoms with Crippen LogP contribution in [-0.4, -0.2) is 69.8 Å². The molecular weight excluding hydrogens is 254 g/mol. The number of carbonyl (C=O) groups is 1. The minimum absolute atomic E-state index is 0.0315. The van der Waals surface area contributed by atoms with Crippen LogP contribution < -0.4 is 21.3 Å². The van der Waals surface area contributed by atoms with Gasteiger partial charge >= 0.3 is 6.03 Å². The second-order valence-corrected chi connectivity index (χ2v) is 5.49. The van der Waals surface area contributed by atoms with Gasteiger partial charge in [0.2, 0.25) is 0 Å². The average Bonchev–Trinajstić information content (AvgIpc) is 2.85. The Kier molecular flexibility index (Phi) is 7.87. The van der Waals surface area contributed by atoms with Crippen molar-refractivity contribution in [2.24, 2.45) is 5.41 Å². The Bertz CT molecular complexity index is 263. The van der Waals surface area contributed by atoms with Crippen LogP contribution in [0.5, 0.6) is 0 Å². The van der Waals surface area contributed by atoms with E-state index in [0.717, 1.165) is 58.9 Å². The second kappa shape index (κ2) is 9.15. The van der Waals surface area contributed by atoms with Crippen molar-refractivity contribution in [1.29, 1.82) is 0 Å². The van der Waals surface area contributed by atoms with E-state index in [0.29, 0.717) is 0 Å². The SMILES string of the molecule is CCNCC(CNCC)(CNCC)CN1CCNC1=O. The molecule has 6 heteroatoms. The molecule has 1 aliphatic heterocycles. The highest BCUT2D eigenvalue weighted by atomic mass is 16.2. The first-order chi connectivity index (χ1) is 9.67. The van der Waals surface area contributed by atoms with Gasteiger partial charge in [0, 0.05) is 44.7 Å². The zero-order chi connectivity index (χ0) is 14.8. The second-order valence-electron chi connectivity index (χ2n) is 5.49. The highest BCUT2D eigenvalue weighted by molar-refractivity contribution is 5.76. The zero-order valence-corrected chi connectivity index (χ0v) is 13.2. The predicted octanol–water partition coefficient (Wildman–Crippen LogP) is -0.173. The van der Waals surface area contributed by atoms with Gasteiger partial charge in [-0.2, -0.15) is 0 Å². The lowest BCUT2D eigenvalue weighted by molar-refractivity contribution is 0.161. The number of nitrogens with one attached hydrogen (secondary N) is 4. The first-order valence-corrected chi connectivity index (χ1v) is 7.82. The van der Waals surface area contributed by atoms with Gasteiger partial charge in [-0.3, -0.25) is 0 Å². The fraction of sp³-hybridized carbons (Fsp3) is 0.929. The molecule has 1 fully saturated rings. The molecule has 0 unspecified atom stereocenters. The van der Waals surface area contributed by atoms with E-state index in [9.17, 15) is 4.79 Å². The topological polar surface area (TPSA) is 68.4 Å². The molecular formula is C14H31N5O. The molecule has 0 radical (unpaired) electrons. The average molecular weight is 285 g/mol. The molecule has 1 heterocycles. The summed E-state index contributed by atoms with van der Waals surface area (Å²) in [4.78, 5) is 13.8. The van der Waals surface area contributed by atoms with Gasteiger partial charge in [0.05, 0.1) is 0 Å². The number of urea groups is 1. The van der Waals surface area contributed by atoms with Gasteiger partial charge in [-0.05, 0) is 19.6 Å². The molecule has 1 rings (SSSR count). The van der Waals surface area contributed by atoms with Crippen molar-refractivity contribution in [3.05, 3.63) is 0 Å². The lowest BCUT2D eigenvalue weighted by atomic mass is 9.86. The van der Waals surface area contributed by atoms with Gasteiger partial charge in [0.15, 0.2) is 0 Å². The Morgan fingerprint density at radius 1 is 1.05 bits per heavy atom. The van der Waals surface area contributed by atoms with E-state index in [2.05, 4.69) is 42.0 Å². The number of rotatable bonds is 11. The molecule has 0 aromatic rings.